The van der Waals surface area contributed by atoms with Gasteiger partial charge in [-0.25, -0.2) is 0 Å². The maximum atomic E-state index is 5.75. The van der Waals surface area contributed by atoms with Crippen molar-refractivity contribution in [1.82, 2.24) is 0 Å². The van der Waals surface area contributed by atoms with Gasteiger partial charge in [-0.2, -0.15) is 0 Å². The van der Waals surface area contributed by atoms with Gasteiger partial charge in [0.05, 0.1) is 11.2 Å². The molecule has 0 aliphatic heterocycles. The molecule has 0 unspecified atom stereocenters. The maximum absolute atomic E-state index is 5.75. The first-order valence-electron chi connectivity index (χ1n) is 15.7. The van der Waals surface area contributed by atoms with E-state index in [4.69, 9.17) is 9.47 Å². The molecule has 0 atom stereocenters. The Morgan fingerprint density at radius 2 is 0.660 bits per heavy atom. The standard InChI is InChI=1S/2C21H22OP.Fe/c2*1-21(2,22-3)19-15-10-16-20(19)23(17-11-6-4-7-12-17)18-13-8-5-9-14-18;/h2*4-16H,1-3H3;/q;;+2. The molecule has 6 rings (SSSR count). The first-order chi connectivity index (χ1) is 22.3. The largest absolute Gasteiger partial charge is 2.00 e. The van der Waals surface area contributed by atoms with Crippen LogP contribution in [0.1, 0.15) is 27.7 Å². The Bertz CT molecular complexity index is 1260. The van der Waals surface area contributed by atoms with Gasteiger partial charge in [0, 0.05) is 37.4 Å². The molecule has 47 heavy (non-hydrogen) atoms. The third kappa shape index (κ3) is 9.25. The van der Waals surface area contributed by atoms with Crippen molar-refractivity contribution in [3.63, 3.8) is 0 Å². The number of benzene rings is 4. The molecule has 5 heteroatoms. The van der Waals surface area contributed by atoms with Crippen LogP contribution < -0.4 is 21.2 Å². The molecule has 0 aromatic heterocycles. The summed E-state index contributed by atoms with van der Waals surface area (Å²) in [5.74, 6) is 2.55. The van der Waals surface area contributed by atoms with E-state index in [0.29, 0.717) is 0 Å². The molecule has 4 aromatic rings. The van der Waals surface area contributed by atoms with Gasteiger partial charge in [-0.15, -0.1) is 0 Å². The van der Waals surface area contributed by atoms with Crippen LogP contribution in [-0.2, 0) is 26.5 Å². The maximum Gasteiger partial charge on any atom is 2.00 e. The van der Waals surface area contributed by atoms with Crippen LogP contribution in [0.2, 0.25) is 0 Å². The summed E-state index contributed by atoms with van der Waals surface area (Å²) in [5.41, 5.74) is 2.18. The summed E-state index contributed by atoms with van der Waals surface area (Å²) in [7, 11) is 2.40. The fourth-order valence-corrected chi connectivity index (χ4v) is 10.8. The molecule has 10 radical (unpaired) electrons. The summed E-state index contributed by atoms with van der Waals surface area (Å²) in [6.45, 7) is 8.54. The molecule has 0 bridgehead atoms. The van der Waals surface area contributed by atoms with Crippen LogP contribution in [0.15, 0.2) is 121 Å². The van der Waals surface area contributed by atoms with Gasteiger partial charge in [0.25, 0.3) is 0 Å². The fourth-order valence-electron chi connectivity index (χ4n) is 5.61. The van der Waals surface area contributed by atoms with E-state index in [9.17, 15) is 0 Å². The van der Waals surface area contributed by atoms with E-state index in [1.807, 2.05) is 0 Å². The van der Waals surface area contributed by atoms with E-state index in [1.165, 1.54) is 44.4 Å². The Morgan fingerprint density at radius 1 is 0.404 bits per heavy atom. The van der Waals surface area contributed by atoms with E-state index < -0.39 is 15.8 Å². The second kappa shape index (κ2) is 17.7. The van der Waals surface area contributed by atoms with E-state index in [1.54, 1.807) is 14.2 Å². The molecule has 240 valence electrons. The zero-order valence-corrected chi connectivity index (χ0v) is 31.0. The zero-order chi connectivity index (χ0) is 32.6. The zero-order valence-electron chi connectivity index (χ0n) is 28.1. The summed E-state index contributed by atoms with van der Waals surface area (Å²) < 4.78 is 11.5. The van der Waals surface area contributed by atoms with E-state index in [-0.39, 0.29) is 28.3 Å². The summed E-state index contributed by atoms with van der Waals surface area (Å²) in [6, 6.07) is 43.1. The minimum atomic E-state index is -0.580. The molecular weight excluding hydrogens is 654 g/mol. The van der Waals surface area contributed by atoms with Gasteiger partial charge in [0.2, 0.25) is 0 Å². The van der Waals surface area contributed by atoms with Gasteiger partial charge in [0.15, 0.2) is 0 Å². The second-order valence-electron chi connectivity index (χ2n) is 12.1. The van der Waals surface area contributed by atoms with Gasteiger partial charge >= 0.3 is 17.1 Å². The number of ether oxygens (including phenoxy) is 2. The third-order valence-corrected chi connectivity index (χ3v) is 13.4. The molecule has 0 heterocycles. The molecule has 2 saturated carbocycles. The SMILES string of the molecule is COC(C)(C)[C]1[CH][CH][CH][C]1P(c1ccccc1)c1ccccc1.COC(C)(C)[C]1[CH][CH][CH][C]1P(c1ccccc1)c1ccccc1.[Fe+2]. The fraction of sp³-hybridized carbons (Fsp3) is 0.190. The molecule has 2 aliphatic carbocycles. The molecule has 4 aromatic carbocycles. The smallest absolute Gasteiger partial charge is 0.378 e. The summed E-state index contributed by atoms with van der Waals surface area (Å²) in [5, 5.41) is 5.47. The number of methoxy groups -OCH3 is 2. The number of rotatable bonds is 10. The van der Waals surface area contributed by atoms with Crippen molar-refractivity contribution in [2.75, 3.05) is 14.2 Å². The van der Waals surface area contributed by atoms with Crippen molar-refractivity contribution in [2.24, 2.45) is 0 Å². The second-order valence-corrected chi connectivity index (χ2v) is 16.5. The third-order valence-electron chi connectivity index (χ3n) is 8.44. The quantitative estimate of drug-likeness (QED) is 0.122. The Balaban J connectivity index is 0.000000208. The van der Waals surface area contributed by atoms with Crippen LogP contribution in [0.4, 0.5) is 0 Å². The Hall–Kier alpha value is -1.82. The molecule has 0 spiro atoms. The topological polar surface area (TPSA) is 18.5 Å². The van der Waals surface area contributed by atoms with Gasteiger partial charge in [-0.3, -0.25) is 0 Å². The minimum absolute atomic E-state index is 0. The van der Waals surface area contributed by atoms with Crippen molar-refractivity contribution in [3.05, 3.63) is 183 Å². The van der Waals surface area contributed by atoms with E-state index >= 15 is 0 Å². The average Bonchev–Trinajstić information content (AvgIpc) is 3.79. The summed E-state index contributed by atoms with van der Waals surface area (Å²) in [6.07, 6.45) is 13.2. The van der Waals surface area contributed by atoms with Crippen LogP contribution in [0.5, 0.6) is 0 Å². The Kier molecular flexibility index (Phi) is 14.3. The molecule has 0 N–H and O–H groups in total. The van der Waals surface area contributed by atoms with Gasteiger partial charge in [0.1, 0.15) is 0 Å². The van der Waals surface area contributed by atoms with Crippen molar-refractivity contribution in [3.8, 4) is 0 Å². The van der Waals surface area contributed by atoms with Crippen LogP contribution in [0.3, 0.4) is 0 Å². The van der Waals surface area contributed by atoms with E-state index in [2.05, 4.69) is 188 Å². The Morgan fingerprint density at radius 3 is 0.894 bits per heavy atom. The predicted octanol–water partition coefficient (Wildman–Crippen LogP) is 8.55. The molecule has 2 nitrogen and oxygen atoms in total. The van der Waals surface area contributed by atoms with Crippen LogP contribution in [0.25, 0.3) is 0 Å². The first-order valence-corrected chi connectivity index (χ1v) is 18.4. The van der Waals surface area contributed by atoms with Crippen molar-refractivity contribution < 1.29 is 26.5 Å². The van der Waals surface area contributed by atoms with Gasteiger partial charge in [-0.05, 0) is 103 Å². The minimum Gasteiger partial charge on any atom is -0.378 e. The van der Waals surface area contributed by atoms with Crippen LogP contribution >= 0.6 is 15.8 Å². The first kappa shape index (κ1) is 38.0. The van der Waals surface area contributed by atoms with Crippen LogP contribution in [0, 0.1) is 61.7 Å². The van der Waals surface area contributed by atoms with Crippen molar-refractivity contribution >= 4 is 37.1 Å². The molecule has 0 amide bonds. The van der Waals surface area contributed by atoms with Gasteiger partial charge < -0.3 is 9.47 Å². The molecular formula is C42H44FeO2P2+2. The molecule has 2 fully saturated rings. The average molecular weight is 699 g/mol. The Labute approximate surface area is 298 Å². The number of hydrogen-bond acceptors (Lipinski definition) is 2. The predicted molar refractivity (Wildman–Crippen MR) is 199 cm³/mol. The molecule has 0 saturated heterocycles. The van der Waals surface area contributed by atoms with E-state index in [0.717, 1.165) is 0 Å². The summed E-state index contributed by atoms with van der Waals surface area (Å²) >= 11 is 0. The number of hydrogen-bond donors (Lipinski definition) is 0. The molecule has 2 aliphatic rings. The van der Waals surface area contributed by atoms with Gasteiger partial charge in [-0.1, -0.05) is 121 Å². The van der Waals surface area contributed by atoms with Crippen LogP contribution in [-0.4, -0.2) is 25.4 Å². The normalized spacial score (nSPS) is 16.7. The van der Waals surface area contributed by atoms with Crippen molar-refractivity contribution in [2.45, 2.75) is 38.9 Å². The van der Waals surface area contributed by atoms with Crippen molar-refractivity contribution in [1.29, 1.82) is 0 Å². The monoisotopic (exact) mass is 698 g/mol. The summed E-state index contributed by atoms with van der Waals surface area (Å²) in [4.78, 5) is 0.